The van der Waals surface area contributed by atoms with Crippen molar-refractivity contribution in [2.45, 2.75) is 53.1 Å². The molecule has 1 fully saturated rings. The Morgan fingerprint density at radius 1 is 1.27 bits per heavy atom. The van der Waals surface area contributed by atoms with Gasteiger partial charge in [-0.15, -0.1) is 0 Å². The molecule has 1 saturated carbocycles. The number of hydrogen-bond acceptors (Lipinski definition) is 1. The molecule has 0 amide bonds. The second-order valence-corrected chi connectivity index (χ2v) is 3.61. The Morgan fingerprint density at radius 3 is 2.00 bits per heavy atom. The van der Waals surface area contributed by atoms with Crippen molar-refractivity contribution < 1.29 is 4.74 Å². The molecule has 0 aliphatic heterocycles. The highest BCUT2D eigenvalue weighted by Crippen LogP contribution is 2.38. The van der Waals surface area contributed by atoms with E-state index in [-0.39, 0.29) is 0 Å². The van der Waals surface area contributed by atoms with Crippen LogP contribution in [0.25, 0.3) is 0 Å². The predicted octanol–water partition coefficient (Wildman–Crippen LogP) is 3.24. The summed E-state index contributed by atoms with van der Waals surface area (Å²) in [6.07, 6.45) is 4.43. The third-order valence-electron chi connectivity index (χ3n) is 2.44. The summed E-state index contributed by atoms with van der Waals surface area (Å²) < 4.78 is 5.33. The van der Waals surface area contributed by atoms with Crippen LogP contribution in [0.2, 0.25) is 0 Å². The van der Waals surface area contributed by atoms with E-state index in [1.165, 1.54) is 19.3 Å². The van der Waals surface area contributed by atoms with E-state index < -0.39 is 0 Å². The molecular formula is C10H22O. The highest BCUT2D eigenvalue weighted by Gasteiger charge is 2.34. The molecule has 0 N–H and O–H groups in total. The molecule has 1 aliphatic carbocycles. The van der Waals surface area contributed by atoms with Crippen molar-refractivity contribution >= 4 is 0 Å². The van der Waals surface area contributed by atoms with E-state index in [9.17, 15) is 0 Å². The summed E-state index contributed by atoms with van der Waals surface area (Å²) in [4.78, 5) is 0. The van der Waals surface area contributed by atoms with Gasteiger partial charge in [-0.3, -0.25) is 0 Å². The fourth-order valence-electron chi connectivity index (χ4n) is 1.73. The Bertz CT molecular complexity index is 97.0. The molecule has 0 saturated heterocycles. The van der Waals surface area contributed by atoms with E-state index in [1.54, 1.807) is 0 Å². The third kappa shape index (κ3) is 2.82. The van der Waals surface area contributed by atoms with Crippen LogP contribution in [0.3, 0.4) is 0 Å². The number of ether oxygens (including phenoxy) is 1. The van der Waals surface area contributed by atoms with Gasteiger partial charge in [0.2, 0.25) is 0 Å². The third-order valence-corrected chi connectivity index (χ3v) is 2.44. The van der Waals surface area contributed by atoms with Gasteiger partial charge in [0.1, 0.15) is 0 Å². The molecular weight excluding hydrogens is 136 g/mol. The smallest absolute Gasteiger partial charge is 0.0622 e. The van der Waals surface area contributed by atoms with Gasteiger partial charge in [0.05, 0.1) is 6.10 Å². The normalized spacial score (nSPS) is 27.5. The van der Waals surface area contributed by atoms with E-state index >= 15 is 0 Å². The average Bonchev–Trinajstić information content (AvgIpc) is 2.33. The molecule has 0 unspecified atom stereocenters. The van der Waals surface area contributed by atoms with Gasteiger partial charge in [0.25, 0.3) is 0 Å². The molecule has 1 heteroatoms. The van der Waals surface area contributed by atoms with Crippen molar-refractivity contribution in [1.29, 1.82) is 0 Å². The van der Waals surface area contributed by atoms with Gasteiger partial charge < -0.3 is 4.74 Å². The van der Waals surface area contributed by atoms with E-state index in [2.05, 4.69) is 13.8 Å². The summed E-state index contributed by atoms with van der Waals surface area (Å²) in [7, 11) is 1.82. The van der Waals surface area contributed by atoms with Crippen molar-refractivity contribution in [2.75, 3.05) is 7.11 Å². The zero-order valence-electron chi connectivity index (χ0n) is 8.61. The van der Waals surface area contributed by atoms with Crippen LogP contribution >= 0.6 is 0 Å². The maximum atomic E-state index is 5.33. The summed E-state index contributed by atoms with van der Waals surface area (Å²) >= 11 is 0. The highest BCUT2D eigenvalue weighted by atomic mass is 16.5. The lowest BCUT2D eigenvalue weighted by Crippen LogP contribution is -2.24. The molecule has 0 radical (unpaired) electrons. The molecule has 1 rings (SSSR count). The number of methoxy groups -OCH3 is 1. The zero-order chi connectivity index (χ0) is 8.91. The van der Waals surface area contributed by atoms with E-state index in [1.807, 2.05) is 21.0 Å². The molecule has 1 nitrogen and oxygen atoms in total. The minimum absolute atomic E-state index is 0.439. The first-order valence-corrected chi connectivity index (χ1v) is 4.69. The van der Waals surface area contributed by atoms with Crippen molar-refractivity contribution in [3.8, 4) is 0 Å². The first kappa shape index (κ1) is 11.0. The van der Waals surface area contributed by atoms with Crippen LogP contribution in [-0.2, 0) is 4.74 Å². The largest absolute Gasteiger partial charge is 0.381 e. The Balaban J connectivity index is 0.000000461. The summed E-state index contributed by atoms with van der Waals surface area (Å²) in [6, 6.07) is 0. The second-order valence-electron chi connectivity index (χ2n) is 3.61. The minimum Gasteiger partial charge on any atom is -0.381 e. The average molecular weight is 158 g/mol. The van der Waals surface area contributed by atoms with Crippen LogP contribution in [0, 0.1) is 5.41 Å². The maximum absolute atomic E-state index is 5.33. The Kier molecular flexibility index (Phi) is 4.74. The van der Waals surface area contributed by atoms with Gasteiger partial charge in [-0.25, -0.2) is 0 Å². The van der Waals surface area contributed by atoms with Crippen LogP contribution < -0.4 is 0 Å². The van der Waals surface area contributed by atoms with Crippen molar-refractivity contribution in [1.82, 2.24) is 0 Å². The van der Waals surface area contributed by atoms with Crippen LogP contribution in [-0.4, -0.2) is 13.2 Å². The second kappa shape index (κ2) is 4.76. The van der Waals surface area contributed by atoms with Gasteiger partial charge in [-0.2, -0.15) is 0 Å². The molecule has 0 spiro atoms. The van der Waals surface area contributed by atoms with Gasteiger partial charge in [-0.05, 0) is 18.3 Å². The van der Waals surface area contributed by atoms with E-state index in [0.29, 0.717) is 11.5 Å². The van der Waals surface area contributed by atoms with Crippen molar-refractivity contribution in [2.24, 2.45) is 5.41 Å². The monoisotopic (exact) mass is 158 g/mol. The van der Waals surface area contributed by atoms with Crippen LogP contribution in [0.1, 0.15) is 47.0 Å². The van der Waals surface area contributed by atoms with Gasteiger partial charge in [0.15, 0.2) is 0 Å². The molecule has 0 aromatic rings. The lowest BCUT2D eigenvalue weighted by molar-refractivity contribution is 0.0308. The Labute approximate surface area is 71.1 Å². The summed E-state index contributed by atoms with van der Waals surface area (Å²) in [5.41, 5.74) is 0.439. The Hall–Kier alpha value is -0.0400. The van der Waals surface area contributed by atoms with Crippen molar-refractivity contribution in [3.63, 3.8) is 0 Å². The summed E-state index contributed by atoms with van der Waals surface area (Å²) in [6.45, 7) is 8.57. The zero-order valence-corrected chi connectivity index (χ0v) is 8.61. The maximum Gasteiger partial charge on any atom is 0.0622 e. The van der Waals surface area contributed by atoms with E-state index in [0.717, 1.165) is 0 Å². The lowest BCUT2D eigenvalue weighted by Gasteiger charge is -2.24. The summed E-state index contributed by atoms with van der Waals surface area (Å²) in [5, 5.41) is 0. The summed E-state index contributed by atoms with van der Waals surface area (Å²) in [5.74, 6) is 0. The minimum atomic E-state index is 0.439. The molecule has 0 aromatic carbocycles. The molecule has 11 heavy (non-hydrogen) atoms. The quantitative estimate of drug-likeness (QED) is 0.569. The van der Waals surface area contributed by atoms with Gasteiger partial charge in [0, 0.05) is 7.11 Å². The fourth-order valence-corrected chi connectivity index (χ4v) is 1.73. The van der Waals surface area contributed by atoms with Gasteiger partial charge >= 0.3 is 0 Å². The van der Waals surface area contributed by atoms with Gasteiger partial charge in [-0.1, -0.05) is 34.1 Å². The molecule has 0 heterocycles. The fraction of sp³-hybridized carbons (Fsp3) is 1.00. The van der Waals surface area contributed by atoms with Crippen LogP contribution in [0.4, 0.5) is 0 Å². The standard InChI is InChI=1S/C8H16O.C2H6/c1-8(2)6-4-5-7(8)9-3;1-2/h7H,4-6H2,1-3H3;1-2H3/t7-;/m1./s1. The number of hydrogen-bond donors (Lipinski definition) is 0. The topological polar surface area (TPSA) is 9.23 Å². The molecule has 1 aliphatic rings. The molecule has 1 atom stereocenters. The molecule has 0 bridgehead atoms. The predicted molar refractivity (Wildman–Crippen MR) is 49.8 cm³/mol. The highest BCUT2D eigenvalue weighted by molar-refractivity contribution is 4.85. The molecule has 68 valence electrons. The van der Waals surface area contributed by atoms with E-state index in [4.69, 9.17) is 4.74 Å². The first-order valence-electron chi connectivity index (χ1n) is 4.69. The van der Waals surface area contributed by atoms with Crippen molar-refractivity contribution in [3.05, 3.63) is 0 Å². The van der Waals surface area contributed by atoms with Crippen LogP contribution in [0.5, 0.6) is 0 Å². The Morgan fingerprint density at radius 2 is 1.82 bits per heavy atom. The van der Waals surface area contributed by atoms with Crippen LogP contribution in [0.15, 0.2) is 0 Å². The first-order chi connectivity index (χ1) is 5.17. The SMILES string of the molecule is CC.CO[C@@H]1CCCC1(C)C. The lowest BCUT2D eigenvalue weighted by atomic mass is 9.89. The molecule has 0 aromatic heterocycles. The number of rotatable bonds is 1.